The van der Waals surface area contributed by atoms with Crippen molar-refractivity contribution < 1.29 is 18.4 Å². The van der Waals surface area contributed by atoms with Gasteiger partial charge in [0.2, 0.25) is 5.91 Å². The standard InChI is InChI=1S/C34H40N2O5/c1-22-26-18-28-29(24-10-5-4-6-11-24)21-40-32(28)23(2)33(26)41-34(38)27(22)19-31(37)36(16-17-39-3)20-25-12-9-15-35-14-8-7-13-30(25)35/h4-6,10-11,18,21,25,30H,7-9,12-17,19-20H2,1-3H3. The van der Waals surface area contributed by atoms with Gasteiger partial charge in [0.1, 0.15) is 11.2 Å². The number of hydrogen-bond acceptors (Lipinski definition) is 6. The summed E-state index contributed by atoms with van der Waals surface area (Å²) in [7, 11) is 1.66. The molecule has 2 fully saturated rings. The molecular formula is C34H40N2O5. The van der Waals surface area contributed by atoms with Crippen LogP contribution in [-0.2, 0) is 16.0 Å². The molecule has 41 heavy (non-hydrogen) atoms. The van der Waals surface area contributed by atoms with Crippen molar-refractivity contribution in [1.29, 1.82) is 0 Å². The van der Waals surface area contributed by atoms with Gasteiger partial charge in [-0.2, -0.15) is 0 Å². The third kappa shape index (κ3) is 5.33. The van der Waals surface area contributed by atoms with Gasteiger partial charge in [-0.3, -0.25) is 4.79 Å². The summed E-state index contributed by atoms with van der Waals surface area (Å²) in [5.41, 5.74) is 4.82. The molecule has 216 valence electrons. The fourth-order valence-corrected chi connectivity index (χ4v) is 7.10. The lowest BCUT2D eigenvalue weighted by Crippen LogP contribution is -2.52. The van der Waals surface area contributed by atoms with Crippen LogP contribution in [0.5, 0.6) is 0 Å². The van der Waals surface area contributed by atoms with Crippen LogP contribution in [-0.4, -0.2) is 61.6 Å². The topological polar surface area (TPSA) is 76.1 Å². The largest absolute Gasteiger partial charge is 0.463 e. The molecule has 0 aliphatic carbocycles. The molecular weight excluding hydrogens is 516 g/mol. The van der Waals surface area contributed by atoms with Crippen LogP contribution in [0.3, 0.4) is 0 Å². The van der Waals surface area contributed by atoms with E-state index in [0.717, 1.165) is 39.4 Å². The zero-order valence-electron chi connectivity index (χ0n) is 24.4. The molecule has 2 aromatic carbocycles. The third-order valence-electron chi connectivity index (χ3n) is 9.36. The van der Waals surface area contributed by atoms with Gasteiger partial charge in [-0.1, -0.05) is 36.8 Å². The summed E-state index contributed by atoms with van der Waals surface area (Å²) in [6, 6.07) is 12.7. The number of carbonyl (C=O) groups is 1. The summed E-state index contributed by atoms with van der Waals surface area (Å²) in [6.45, 7) is 7.87. The molecule has 2 aliphatic rings. The molecule has 2 aromatic heterocycles. The SMILES string of the molecule is COCCN(CC1CCCN2CCCCC12)C(=O)Cc1c(C)c2cc3c(-c4ccccc4)coc3c(C)c2oc1=O. The molecule has 2 aliphatic heterocycles. The number of rotatable bonds is 8. The number of ether oxygens (including phenoxy) is 1. The van der Waals surface area contributed by atoms with Gasteiger partial charge in [-0.05, 0) is 75.7 Å². The van der Waals surface area contributed by atoms with Gasteiger partial charge in [0.15, 0.2) is 0 Å². The second-order valence-electron chi connectivity index (χ2n) is 11.8. The van der Waals surface area contributed by atoms with E-state index in [9.17, 15) is 9.59 Å². The van der Waals surface area contributed by atoms with Gasteiger partial charge in [0.05, 0.1) is 24.9 Å². The number of amides is 1. The molecule has 1 amide bonds. The second-order valence-corrected chi connectivity index (χ2v) is 11.8. The van der Waals surface area contributed by atoms with E-state index < -0.39 is 5.63 Å². The first-order valence-electron chi connectivity index (χ1n) is 15.0. The number of piperidine rings is 2. The minimum Gasteiger partial charge on any atom is -0.463 e. The number of furan rings is 1. The minimum absolute atomic E-state index is 0.0168. The number of carbonyl (C=O) groups excluding carboxylic acids is 1. The van der Waals surface area contributed by atoms with E-state index in [4.69, 9.17) is 13.6 Å². The highest BCUT2D eigenvalue weighted by Gasteiger charge is 2.35. The summed E-state index contributed by atoms with van der Waals surface area (Å²) < 4.78 is 17.2. The lowest BCUT2D eigenvalue weighted by molar-refractivity contribution is -0.132. The highest BCUT2D eigenvalue weighted by Crippen LogP contribution is 2.37. The van der Waals surface area contributed by atoms with E-state index in [2.05, 4.69) is 17.0 Å². The van der Waals surface area contributed by atoms with Gasteiger partial charge < -0.3 is 23.4 Å². The number of nitrogens with zero attached hydrogens (tertiary/aromatic N) is 2. The van der Waals surface area contributed by atoms with Crippen LogP contribution in [0.15, 0.2) is 56.3 Å². The number of fused-ring (bicyclic) bond motifs is 3. The predicted molar refractivity (Wildman–Crippen MR) is 161 cm³/mol. The first kappa shape index (κ1) is 27.7. The molecule has 0 bridgehead atoms. The molecule has 2 atom stereocenters. The van der Waals surface area contributed by atoms with E-state index in [1.165, 1.54) is 38.8 Å². The van der Waals surface area contributed by atoms with Crippen LogP contribution in [0.1, 0.15) is 48.8 Å². The Morgan fingerprint density at radius 3 is 2.63 bits per heavy atom. The Morgan fingerprint density at radius 2 is 1.83 bits per heavy atom. The van der Waals surface area contributed by atoms with E-state index in [1.807, 2.05) is 43.0 Å². The zero-order valence-corrected chi connectivity index (χ0v) is 24.4. The van der Waals surface area contributed by atoms with Crippen molar-refractivity contribution in [3.63, 3.8) is 0 Å². The Balaban J connectivity index is 1.32. The Labute approximate surface area is 241 Å². The smallest absolute Gasteiger partial charge is 0.340 e. The molecule has 0 radical (unpaired) electrons. The average molecular weight is 557 g/mol. The maximum Gasteiger partial charge on any atom is 0.340 e. The van der Waals surface area contributed by atoms with E-state index in [-0.39, 0.29) is 12.3 Å². The molecule has 4 aromatic rings. The first-order chi connectivity index (χ1) is 20.0. The molecule has 2 saturated heterocycles. The summed E-state index contributed by atoms with van der Waals surface area (Å²) in [5.74, 6) is 0.406. The lowest BCUT2D eigenvalue weighted by atomic mass is 9.83. The summed E-state index contributed by atoms with van der Waals surface area (Å²) in [5, 5.41) is 1.80. The average Bonchev–Trinajstić information content (AvgIpc) is 3.43. The fraction of sp³-hybridized carbons (Fsp3) is 0.471. The van der Waals surface area contributed by atoms with Gasteiger partial charge in [-0.15, -0.1) is 0 Å². The van der Waals surface area contributed by atoms with Crippen molar-refractivity contribution in [1.82, 2.24) is 9.80 Å². The van der Waals surface area contributed by atoms with Crippen LogP contribution < -0.4 is 5.63 Å². The highest BCUT2D eigenvalue weighted by atomic mass is 16.5. The predicted octanol–water partition coefficient (Wildman–Crippen LogP) is 6.11. The molecule has 4 heterocycles. The maximum absolute atomic E-state index is 13.8. The Kier molecular flexibility index (Phi) is 8.00. The Morgan fingerprint density at radius 1 is 1.02 bits per heavy atom. The van der Waals surface area contributed by atoms with Crippen LogP contribution in [0.4, 0.5) is 0 Å². The molecule has 0 N–H and O–H groups in total. The molecule has 7 nitrogen and oxygen atoms in total. The van der Waals surface area contributed by atoms with Gasteiger partial charge in [0.25, 0.3) is 0 Å². The minimum atomic E-state index is -0.455. The van der Waals surface area contributed by atoms with E-state index in [0.29, 0.717) is 48.4 Å². The summed E-state index contributed by atoms with van der Waals surface area (Å²) in [4.78, 5) is 31.7. The summed E-state index contributed by atoms with van der Waals surface area (Å²) in [6.07, 6.45) is 7.82. The highest BCUT2D eigenvalue weighted by molar-refractivity contribution is 6.05. The first-order valence-corrected chi connectivity index (χ1v) is 15.0. The zero-order chi connectivity index (χ0) is 28.5. The monoisotopic (exact) mass is 556 g/mol. The maximum atomic E-state index is 13.8. The molecule has 6 rings (SSSR count). The van der Waals surface area contributed by atoms with Crippen molar-refractivity contribution in [2.75, 3.05) is 39.9 Å². The van der Waals surface area contributed by atoms with Crippen molar-refractivity contribution in [3.8, 4) is 11.1 Å². The molecule has 7 heteroatoms. The third-order valence-corrected chi connectivity index (χ3v) is 9.36. The van der Waals surface area contributed by atoms with Crippen molar-refractivity contribution >= 4 is 27.8 Å². The van der Waals surface area contributed by atoms with Crippen molar-refractivity contribution in [3.05, 3.63) is 69.8 Å². The van der Waals surface area contributed by atoms with Gasteiger partial charge in [-0.25, -0.2) is 4.79 Å². The fourth-order valence-electron chi connectivity index (χ4n) is 7.10. The van der Waals surface area contributed by atoms with Crippen LogP contribution in [0.2, 0.25) is 0 Å². The van der Waals surface area contributed by atoms with Crippen LogP contribution in [0.25, 0.3) is 33.1 Å². The van der Waals surface area contributed by atoms with Crippen LogP contribution >= 0.6 is 0 Å². The normalized spacial score (nSPS) is 19.5. The summed E-state index contributed by atoms with van der Waals surface area (Å²) >= 11 is 0. The number of hydrogen-bond donors (Lipinski definition) is 0. The Bertz CT molecular complexity index is 1600. The van der Waals surface area contributed by atoms with Gasteiger partial charge >= 0.3 is 5.63 Å². The van der Waals surface area contributed by atoms with Crippen LogP contribution in [0, 0.1) is 19.8 Å². The second kappa shape index (κ2) is 11.8. The van der Waals surface area contributed by atoms with E-state index >= 15 is 0 Å². The molecule has 2 unspecified atom stereocenters. The number of aryl methyl sites for hydroxylation is 2. The van der Waals surface area contributed by atoms with Crippen molar-refractivity contribution in [2.24, 2.45) is 5.92 Å². The number of benzene rings is 2. The Hall–Kier alpha value is -3.42. The number of methoxy groups -OCH3 is 1. The van der Waals surface area contributed by atoms with Gasteiger partial charge in [0, 0.05) is 48.1 Å². The quantitative estimate of drug-likeness (QED) is 0.244. The molecule has 0 spiro atoms. The van der Waals surface area contributed by atoms with Crippen molar-refractivity contribution in [2.45, 2.75) is 58.4 Å². The van der Waals surface area contributed by atoms with E-state index in [1.54, 1.807) is 13.4 Å². The lowest BCUT2D eigenvalue weighted by Gasteiger charge is -2.45. The molecule has 0 saturated carbocycles.